The van der Waals surface area contributed by atoms with Crippen molar-refractivity contribution in [2.45, 2.75) is 32.5 Å². The van der Waals surface area contributed by atoms with Gasteiger partial charge in [0.1, 0.15) is 23.6 Å². The molecule has 1 aromatic carbocycles. The number of hydrogen-bond acceptors (Lipinski definition) is 6. The largest absolute Gasteiger partial charge is 0.487 e. The van der Waals surface area contributed by atoms with Gasteiger partial charge in [0, 0.05) is 18.1 Å². The van der Waals surface area contributed by atoms with Gasteiger partial charge in [0.25, 0.3) is 5.91 Å². The Morgan fingerprint density at radius 3 is 2.72 bits per heavy atom. The zero-order valence-corrected chi connectivity index (χ0v) is 16.3. The fourth-order valence-corrected chi connectivity index (χ4v) is 2.80. The zero-order chi connectivity index (χ0) is 21.0. The number of fused-ring (bicyclic) bond motifs is 1. The molecule has 0 bridgehead atoms. The van der Waals surface area contributed by atoms with Crippen molar-refractivity contribution in [2.24, 2.45) is 5.73 Å². The highest BCUT2D eigenvalue weighted by molar-refractivity contribution is 6.07. The van der Waals surface area contributed by atoms with Crippen LogP contribution in [-0.4, -0.2) is 43.8 Å². The maximum Gasteiger partial charge on any atom is 0.271 e. The molecule has 2 heterocycles. The quantitative estimate of drug-likeness (QED) is 0.519. The van der Waals surface area contributed by atoms with Gasteiger partial charge in [-0.1, -0.05) is 6.07 Å². The third-order valence-corrected chi connectivity index (χ3v) is 4.59. The Morgan fingerprint density at radius 2 is 2.10 bits per heavy atom. The molecule has 3 aromatic rings. The molecule has 0 aliphatic carbocycles. The molecule has 0 fully saturated rings. The minimum Gasteiger partial charge on any atom is -0.487 e. The lowest BCUT2D eigenvalue weighted by Crippen LogP contribution is -2.58. The van der Waals surface area contributed by atoms with E-state index in [2.05, 4.69) is 15.4 Å². The number of aryl methyl sites for hydroxylation is 1. The first kappa shape index (κ1) is 20.3. The van der Waals surface area contributed by atoms with Gasteiger partial charge in [0.2, 0.25) is 5.91 Å². The number of aromatic nitrogens is 3. The van der Waals surface area contributed by atoms with E-state index in [1.165, 1.54) is 11.6 Å². The predicted molar refractivity (Wildman–Crippen MR) is 106 cm³/mol. The highest BCUT2D eigenvalue weighted by Gasteiger charge is 2.34. The van der Waals surface area contributed by atoms with Gasteiger partial charge in [-0.3, -0.25) is 19.3 Å². The third kappa shape index (κ3) is 4.19. The highest BCUT2D eigenvalue weighted by atomic mass is 16.5. The van der Waals surface area contributed by atoms with Crippen LogP contribution in [0.1, 0.15) is 30.0 Å². The minimum atomic E-state index is -1.58. The molecule has 1 atom stereocenters. The zero-order valence-electron chi connectivity index (χ0n) is 16.3. The molecular formula is C20H23N5O4. The summed E-state index contributed by atoms with van der Waals surface area (Å²) >= 11 is 0. The van der Waals surface area contributed by atoms with Crippen molar-refractivity contribution in [3.05, 3.63) is 54.0 Å². The van der Waals surface area contributed by atoms with E-state index in [1.54, 1.807) is 24.4 Å². The molecule has 0 radical (unpaired) electrons. The van der Waals surface area contributed by atoms with E-state index in [1.807, 2.05) is 25.1 Å². The van der Waals surface area contributed by atoms with E-state index in [-0.39, 0.29) is 12.3 Å². The van der Waals surface area contributed by atoms with Crippen LogP contribution in [0.15, 0.2) is 42.6 Å². The highest BCUT2D eigenvalue weighted by Crippen LogP contribution is 2.25. The summed E-state index contributed by atoms with van der Waals surface area (Å²) in [4.78, 5) is 28.8. The number of pyridine rings is 1. The topological polar surface area (TPSA) is 132 Å². The van der Waals surface area contributed by atoms with Gasteiger partial charge in [-0.05, 0) is 44.2 Å². The van der Waals surface area contributed by atoms with Crippen LogP contribution in [0.4, 0.5) is 0 Å². The van der Waals surface area contributed by atoms with Crippen molar-refractivity contribution in [1.82, 2.24) is 20.1 Å². The number of rotatable bonds is 8. The van der Waals surface area contributed by atoms with Crippen LogP contribution in [0.3, 0.4) is 0 Å². The van der Waals surface area contributed by atoms with Crippen LogP contribution in [0.25, 0.3) is 10.9 Å². The van der Waals surface area contributed by atoms with Gasteiger partial charge < -0.3 is 20.9 Å². The van der Waals surface area contributed by atoms with Crippen LogP contribution in [0.5, 0.6) is 5.75 Å². The summed E-state index contributed by atoms with van der Waals surface area (Å²) in [5.41, 5.74) is 5.37. The number of aliphatic hydroxyl groups excluding tert-OH is 1. The molecule has 0 aliphatic heterocycles. The molecule has 0 aliphatic rings. The first-order valence-corrected chi connectivity index (χ1v) is 9.14. The van der Waals surface area contributed by atoms with Crippen molar-refractivity contribution in [2.75, 3.05) is 6.61 Å². The fraction of sp³-hybridized carbons (Fsp3) is 0.300. The normalized spacial score (nSPS) is 13.1. The van der Waals surface area contributed by atoms with Crippen LogP contribution in [0, 0.1) is 0 Å². The van der Waals surface area contributed by atoms with Crippen molar-refractivity contribution >= 4 is 22.7 Å². The molecule has 4 N–H and O–H groups in total. The molecular weight excluding hydrogens is 374 g/mol. The Bertz CT molecular complexity index is 1030. The van der Waals surface area contributed by atoms with Crippen molar-refractivity contribution < 1.29 is 19.4 Å². The van der Waals surface area contributed by atoms with E-state index in [0.717, 1.165) is 5.69 Å². The minimum absolute atomic E-state index is 0.256. The van der Waals surface area contributed by atoms with Crippen molar-refractivity contribution in [3.8, 4) is 5.75 Å². The molecule has 3 rings (SSSR count). The van der Waals surface area contributed by atoms with Crippen molar-refractivity contribution in [3.63, 3.8) is 0 Å². The lowest BCUT2D eigenvalue weighted by atomic mass is 10.0. The number of benzene rings is 1. The molecule has 0 saturated heterocycles. The summed E-state index contributed by atoms with van der Waals surface area (Å²) in [5.74, 6) is -0.848. The van der Waals surface area contributed by atoms with E-state index in [4.69, 9.17) is 10.5 Å². The number of hydrogen-bond donors (Lipinski definition) is 3. The average molecular weight is 397 g/mol. The maximum atomic E-state index is 12.9. The Morgan fingerprint density at radius 1 is 1.31 bits per heavy atom. The van der Waals surface area contributed by atoms with Crippen LogP contribution in [0.2, 0.25) is 0 Å². The molecule has 1 unspecified atom stereocenters. The first-order valence-electron chi connectivity index (χ1n) is 9.14. The van der Waals surface area contributed by atoms with Crippen LogP contribution < -0.4 is 15.8 Å². The first-order chi connectivity index (χ1) is 13.9. The molecule has 29 heavy (non-hydrogen) atoms. The average Bonchev–Trinajstić information content (AvgIpc) is 3.10. The third-order valence-electron chi connectivity index (χ3n) is 4.59. The summed E-state index contributed by atoms with van der Waals surface area (Å²) in [5, 5.41) is 17.0. The molecule has 152 valence electrons. The Hall–Kier alpha value is -3.46. The lowest BCUT2D eigenvalue weighted by molar-refractivity contribution is -0.124. The molecule has 9 heteroatoms. The number of primary amides is 1. The smallest absolute Gasteiger partial charge is 0.271 e. The van der Waals surface area contributed by atoms with E-state index in [0.29, 0.717) is 23.2 Å². The van der Waals surface area contributed by atoms with Gasteiger partial charge in [-0.15, -0.1) is 0 Å². The number of amides is 2. The number of ether oxygens (including phenoxy) is 1. The van der Waals surface area contributed by atoms with Gasteiger partial charge in [-0.25, -0.2) is 0 Å². The van der Waals surface area contributed by atoms with Crippen LogP contribution >= 0.6 is 0 Å². The number of carbonyl (C=O) groups excluding carboxylic acids is 2. The van der Waals surface area contributed by atoms with E-state index in [9.17, 15) is 14.7 Å². The summed E-state index contributed by atoms with van der Waals surface area (Å²) in [7, 11) is 0. The molecule has 0 saturated carbocycles. The monoisotopic (exact) mass is 397 g/mol. The second kappa shape index (κ2) is 8.27. The van der Waals surface area contributed by atoms with Gasteiger partial charge >= 0.3 is 0 Å². The number of aliphatic hydroxyl groups is 1. The summed E-state index contributed by atoms with van der Waals surface area (Å²) in [6, 6.07) is 10.8. The fourth-order valence-electron chi connectivity index (χ4n) is 2.80. The number of nitrogens with zero attached hydrogens (tertiary/aromatic N) is 3. The summed E-state index contributed by atoms with van der Waals surface area (Å²) in [6.45, 7) is 3.31. The molecule has 2 amide bonds. The summed E-state index contributed by atoms with van der Waals surface area (Å²) < 4.78 is 7.32. The van der Waals surface area contributed by atoms with Crippen LogP contribution in [-0.2, 0) is 17.9 Å². The second-order valence-electron chi connectivity index (χ2n) is 6.76. The standard InChI is InChI=1S/C20H23N5O4/c1-3-25-17(18(27)23-20(2,12-26)19(21)28)15-10-14(7-8-16(15)24-25)29-11-13-6-4-5-9-22-13/h4-10,26H,3,11-12H2,1-2H3,(H2,21,28)(H,23,27). The molecule has 2 aromatic heterocycles. The lowest BCUT2D eigenvalue weighted by Gasteiger charge is -2.25. The Balaban J connectivity index is 1.93. The van der Waals surface area contributed by atoms with Gasteiger partial charge in [-0.2, -0.15) is 5.10 Å². The molecule has 0 spiro atoms. The second-order valence-corrected chi connectivity index (χ2v) is 6.76. The number of nitrogens with one attached hydrogen (secondary N) is 1. The summed E-state index contributed by atoms with van der Waals surface area (Å²) in [6.07, 6.45) is 1.69. The Kier molecular flexibility index (Phi) is 5.79. The van der Waals surface area contributed by atoms with Gasteiger partial charge in [0.15, 0.2) is 0 Å². The predicted octanol–water partition coefficient (Wildman–Crippen LogP) is 0.996. The van der Waals surface area contributed by atoms with E-state index >= 15 is 0 Å². The van der Waals surface area contributed by atoms with Crippen molar-refractivity contribution in [1.29, 1.82) is 0 Å². The number of carbonyl (C=O) groups is 2. The van der Waals surface area contributed by atoms with Gasteiger partial charge in [0.05, 0.1) is 17.8 Å². The van der Waals surface area contributed by atoms with E-state index < -0.39 is 24.0 Å². The Labute approximate surface area is 167 Å². The SMILES string of the molecule is CCn1nc2ccc(OCc3ccccn3)cc2c1C(=O)NC(C)(CO)C(N)=O. The maximum absolute atomic E-state index is 12.9. The number of nitrogens with two attached hydrogens (primary N) is 1. The molecule has 9 nitrogen and oxygen atoms in total.